The molecule has 0 aromatic carbocycles. The van der Waals surface area contributed by atoms with Crippen LogP contribution in [0.25, 0.3) is 0 Å². The van der Waals surface area contributed by atoms with Crippen LogP contribution in [0.4, 0.5) is 0 Å². The molecule has 2 aliphatic heterocycles. The highest BCUT2D eigenvalue weighted by Gasteiger charge is 2.48. The predicted molar refractivity (Wildman–Crippen MR) is 78.8 cm³/mol. The number of aromatic nitrogens is 1. The van der Waals surface area contributed by atoms with Crippen molar-refractivity contribution in [3.05, 3.63) is 24.0 Å². The summed E-state index contributed by atoms with van der Waals surface area (Å²) in [5, 5.41) is 2.73. The minimum Gasteiger partial charge on any atom is -0.358 e. The molecule has 3 atom stereocenters. The SMILES string of the molecule is CNC(=O)[C@@H]1C[C@H]2CN(C(=O)c3cccn3C)C[C@H]2N1C. The Morgan fingerprint density at radius 2 is 2.05 bits per heavy atom. The van der Waals surface area contributed by atoms with Crippen LogP contribution in [0, 0.1) is 5.92 Å². The molecule has 3 rings (SSSR count). The summed E-state index contributed by atoms with van der Waals surface area (Å²) in [4.78, 5) is 28.5. The Morgan fingerprint density at radius 3 is 2.62 bits per heavy atom. The second-order valence-electron chi connectivity index (χ2n) is 6.07. The highest BCUT2D eigenvalue weighted by molar-refractivity contribution is 5.93. The summed E-state index contributed by atoms with van der Waals surface area (Å²) in [6.07, 6.45) is 2.72. The van der Waals surface area contributed by atoms with Crippen molar-refractivity contribution >= 4 is 11.8 Å². The molecule has 1 aromatic heterocycles. The molecule has 114 valence electrons. The van der Waals surface area contributed by atoms with Gasteiger partial charge in [0.1, 0.15) is 5.69 Å². The Hall–Kier alpha value is -1.82. The van der Waals surface area contributed by atoms with E-state index >= 15 is 0 Å². The molecule has 1 aromatic rings. The first-order valence-corrected chi connectivity index (χ1v) is 7.37. The second-order valence-corrected chi connectivity index (χ2v) is 6.07. The highest BCUT2D eigenvalue weighted by Crippen LogP contribution is 2.35. The minimum atomic E-state index is -0.0581. The number of likely N-dealkylation sites (tertiary alicyclic amines) is 2. The zero-order chi connectivity index (χ0) is 15.1. The van der Waals surface area contributed by atoms with E-state index in [-0.39, 0.29) is 23.9 Å². The summed E-state index contributed by atoms with van der Waals surface area (Å²) in [5.41, 5.74) is 0.723. The number of nitrogens with zero attached hydrogens (tertiary/aromatic N) is 3. The summed E-state index contributed by atoms with van der Waals surface area (Å²) in [5.74, 6) is 0.551. The summed E-state index contributed by atoms with van der Waals surface area (Å²) < 4.78 is 1.85. The first kappa shape index (κ1) is 14.1. The smallest absolute Gasteiger partial charge is 0.270 e. The lowest BCUT2D eigenvalue weighted by molar-refractivity contribution is -0.125. The predicted octanol–water partition coefficient (Wildman–Crippen LogP) is -0.0842. The van der Waals surface area contributed by atoms with Crippen molar-refractivity contribution in [3.63, 3.8) is 0 Å². The fourth-order valence-corrected chi connectivity index (χ4v) is 3.70. The van der Waals surface area contributed by atoms with Crippen molar-refractivity contribution in [2.45, 2.75) is 18.5 Å². The van der Waals surface area contributed by atoms with Gasteiger partial charge in [0.25, 0.3) is 5.91 Å². The molecule has 6 nitrogen and oxygen atoms in total. The van der Waals surface area contributed by atoms with Gasteiger partial charge >= 0.3 is 0 Å². The van der Waals surface area contributed by atoms with E-state index in [1.165, 1.54) is 0 Å². The van der Waals surface area contributed by atoms with Gasteiger partial charge in [0.05, 0.1) is 6.04 Å². The summed E-state index contributed by atoms with van der Waals surface area (Å²) in [6.45, 7) is 1.45. The van der Waals surface area contributed by atoms with Crippen LogP contribution in [0.1, 0.15) is 16.9 Å². The third kappa shape index (κ3) is 2.23. The molecular formula is C15H22N4O2. The number of nitrogens with one attached hydrogen (secondary N) is 1. The van der Waals surface area contributed by atoms with E-state index in [0.717, 1.165) is 18.7 Å². The number of amides is 2. The van der Waals surface area contributed by atoms with E-state index in [0.29, 0.717) is 12.5 Å². The number of aryl methyl sites for hydroxylation is 1. The maximum atomic E-state index is 12.5. The maximum Gasteiger partial charge on any atom is 0.270 e. The molecule has 0 radical (unpaired) electrons. The van der Waals surface area contributed by atoms with Gasteiger partial charge in [-0.05, 0) is 31.5 Å². The molecule has 6 heteroatoms. The molecule has 21 heavy (non-hydrogen) atoms. The van der Waals surface area contributed by atoms with Gasteiger partial charge < -0.3 is 14.8 Å². The minimum absolute atomic E-state index is 0.0581. The molecule has 0 bridgehead atoms. The molecule has 0 aliphatic carbocycles. The maximum absolute atomic E-state index is 12.5. The molecular weight excluding hydrogens is 268 g/mol. The van der Waals surface area contributed by atoms with Crippen molar-refractivity contribution < 1.29 is 9.59 Å². The van der Waals surface area contributed by atoms with E-state index in [2.05, 4.69) is 10.2 Å². The zero-order valence-electron chi connectivity index (χ0n) is 12.7. The number of carbonyl (C=O) groups excluding carboxylic acids is 2. The number of rotatable bonds is 2. The van der Waals surface area contributed by atoms with Crippen LogP contribution in [-0.4, -0.2) is 65.4 Å². The summed E-state index contributed by atoms with van der Waals surface area (Å²) in [6, 6.07) is 3.97. The van der Waals surface area contributed by atoms with E-state index in [1.807, 2.05) is 41.9 Å². The Balaban J connectivity index is 1.70. The Kier molecular flexibility index (Phi) is 3.49. The fourth-order valence-electron chi connectivity index (χ4n) is 3.70. The molecule has 0 saturated carbocycles. The standard InChI is InChI=1S/C15H22N4O2/c1-16-14(20)12-7-10-8-19(9-13(10)18(12)3)15(21)11-5-4-6-17(11)2/h4-6,10,12-13H,7-9H2,1-3H3,(H,16,20)/t10-,12-,13+/m0/s1. The topological polar surface area (TPSA) is 57.6 Å². The molecule has 0 spiro atoms. The lowest BCUT2D eigenvalue weighted by Gasteiger charge is -2.25. The van der Waals surface area contributed by atoms with Gasteiger partial charge in [-0.25, -0.2) is 0 Å². The van der Waals surface area contributed by atoms with Crippen molar-refractivity contribution in [3.8, 4) is 0 Å². The average molecular weight is 290 g/mol. The Morgan fingerprint density at radius 1 is 1.29 bits per heavy atom. The van der Waals surface area contributed by atoms with Crippen molar-refractivity contribution in [1.29, 1.82) is 0 Å². The first-order chi connectivity index (χ1) is 10.0. The summed E-state index contributed by atoms with van der Waals surface area (Å²) >= 11 is 0. The quantitative estimate of drug-likeness (QED) is 0.828. The Labute approximate surface area is 124 Å². The van der Waals surface area contributed by atoms with Crippen LogP contribution >= 0.6 is 0 Å². The van der Waals surface area contributed by atoms with Crippen LogP contribution in [0.3, 0.4) is 0 Å². The molecule has 2 fully saturated rings. The number of carbonyl (C=O) groups is 2. The van der Waals surface area contributed by atoms with Gasteiger partial charge in [0.2, 0.25) is 5.91 Å². The van der Waals surface area contributed by atoms with Crippen molar-refractivity contribution in [2.24, 2.45) is 13.0 Å². The fraction of sp³-hybridized carbons (Fsp3) is 0.600. The average Bonchev–Trinajstić information content (AvgIpc) is 3.14. The zero-order valence-corrected chi connectivity index (χ0v) is 12.7. The van der Waals surface area contributed by atoms with Gasteiger partial charge in [-0.2, -0.15) is 0 Å². The van der Waals surface area contributed by atoms with Gasteiger partial charge in [-0.1, -0.05) is 0 Å². The van der Waals surface area contributed by atoms with Crippen LogP contribution < -0.4 is 5.32 Å². The van der Waals surface area contributed by atoms with Gasteiger partial charge in [-0.15, -0.1) is 0 Å². The second kappa shape index (κ2) is 5.18. The highest BCUT2D eigenvalue weighted by atomic mass is 16.2. The van der Waals surface area contributed by atoms with E-state index in [9.17, 15) is 9.59 Å². The number of fused-ring (bicyclic) bond motifs is 1. The third-order valence-electron chi connectivity index (χ3n) is 4.95. The van der Waals surface area contributed by atoms with Gasteiger partial charge in [0.15, 0.2) is 0 Å². The van der Waals surface area contributed by atoms with Crippen LogP contribution in [-0.2, 0) is 11.8 Å². The van der Waals surface area contributed by atoms with Gasteiger partial charge in [-0.3, -0.25) is 14.5 Å². The van der Waals surface area contributed by atoms with Crippen molar-refractivity contribution in [2.75, 3.05) is 27.2 Å². The monoisotopic (exact) mass is 290 g/mol. The van der Waals surface area contributed by atoms with Crippen LogP contribution in [0.15, 0.2) is 18.3 Å². The molecule has 1 N–H and O–H groups in total. The first-order valence-electron chi connectivity index (χ1n) is 7.37. The van der Waals surface area contributed by atoms with Crippen LogP contribution in [0.2, 0.25) is 0 Å². The van der Waals surface area contributed by atoms with Crippen LogP contribution in [0.5, 0.6) is 0 Å². The lowest BCUT2D eigenvalue weighted by atomic mass is 10.0. The molecule has 3 heterocycles. The van der Waals surface area contributed by atoms with E-state index in [1.54, 1.807) is 7.05 Å². The van der Waals surface area contributed by atoms with Crippen molar-refractivity contribution in [1.82, 2.24) is 19.7 Å². The number of hydrogen-bond donors (Lipinski definition) is 1. The largest absolute Gasteiger partial charge is 0.358 e. The third-order valence-corrected chi connectivity index (χ3v) is 4.95. The summed E-state index contributed by atoms with van der Waals surface area (Å²) in [7, 11) is 5.55. The van der Waals surface area contributed by atoms with E-state index < -0.39 is 0 Å². The molecule has 2 aliphatic rings. The normalized spacial score (nSPS) is 28.7. The van der Waals surface area contributed by atoms with E-state index in [4.69, 9.17) is 0 Å². The molecule has 0 unspecified atom stereocenters. The number of likely N-dealkylation sites (N-methyl/N-ethyl adjacent to an activating group) is 2. The molecule has 2 amide bonds. The Bertz CT molecular complexity index is 568. The molecule has 2 saturated heterocycles. The number of hydrogen-bond acceptors (Lipinski definition) is 3. The lowest BCUT2D eigenvalue weighted by Crippen LogP contribution is -2.45. The van der Waals surface area contributed by atoms with Gasteiger partial charge in [0, 0.05) is 39.4 Å².